The molecule has 4 aromatic rings. The molecule has 2 aromatic heterocycles. The Hall–Kier alpha value is -3.01. The van der Waals surface area contributed by atoms with Crippen LogP contribution in [-0.4, -0.2) is 23.3 Å². The van der Waals surface area contributed by atoms with Crippen LogP contribution in [0.1, 0.15) is 11.3 Å². The molecule has 0 saturated carbocycles. The zero-order chi connectivity index (χ0) is 22.9. The second kappa shape index (κ2) is 8.85. The minimum Gasteiger partial charge on any atom is -0.306 e. The molecule has 0 saturated heterocycles. The molecule has 10 heteroatoms. The quantitative estimate of drug-likeness (QED) is 0.358. The normalized spacial score (nSPS) is 12.7. The molecule has 0 aliphatic heterocycles. The van der Waals surface area contributed by atoms with Crippen LogP contribution >= 0.6 is 11.6 Å². The molecule has 32 heavy (non-hydrogen) atoms. The van der Waals surface area contributed by atoms with E-state index in [0.29, 0.717) is 16.7 Å². The number of pyridine rings is 1. The topological polar surface area (TPSA) is 68.0 Å². The van der Waals surface area contributed by atoms with E-state index < -0.39 is 23.0 Å². The van der Waals surface area contributed by atoms with Gasteiger partial charge in [-0.3, -0.25) is 4.57 Å². The number of aromatic nitrogens is 3. The van der Waals surface area contributed by atoms with Gasteiger partial charge in [-0.05, 0) is 35.4 Å². The van der Waals surface area contributed by atoms with Gasteiger partial charge in [0.2, 0.25) is 0 Å². The van der Waals surface area contributed by atoms with E-state index >= 15 is 0 Å². The fourth-order valence-electron chi connectivity index (χ4n) is 3.21. The predicted molar refractivity (Wildman–Crippen MR) is 117 cm³/mol. The molecule has 0 aliphatic rings. The van der Waals surface area contributed by atoms with Gasteiger partial charge < -0.3 is 4.55 Å². The van der Waals surface area contributed by atoms with Gasteiger partial charge in [0.15, 0.2) is 16.8 Å². The maximum atomic E-state index is 13.4. The third kappa shape index (κ3) is 4.74. The van der Waals surface area contributed by atoms with E-state index in [9.17, 15) is 17.4 Å². The Kier molecular flexibility index (Phi) is 6.14. The molecular weight excluding hydrogens is 463 g/mol. The van der Waals surface area contributed by atoms with Gasteiger partial charge in [0.1, 0.15) is 11.6 Å². The molecule has 5 nitrogen and oxygen atoms in total. The van der Waals surface area contributed by atoms with Gasteiger partial charge in [0, 0.05) is 23.5 Å². The van der Waals surface area contributed by atoms with E-state index in [4.69, 9.17) is 16.2 Å². The third-order valence-corrected chi connectivity index (χ3v) is 5.57. The number of hydrogen-bond acceptors (Lipinski definition) is 3. The number of rotatable bonds is 5. The summed E-state index contributed by atoms with van der Waals surface area (Å²) in [5, 5.41) is 0.266. The molecule has 1 N–H and O–H groups in total. The largest absolute Gasteiger partial charge is 0.434 e. The first-order chi connectivity index (χ1) is 15.2. The molecule has 0 radical (unpaired) electrons. The monoisotopic (exact) mass is 477 g/mol. The number of alkyl halides is 3. The van der Waals surface area contributed by atoms with Crippen LogP contribution in [0.2, 0.25) is 5.02 Å². The summed E-state index contributed by atoms with van der Waals surface area (Å²) in [6, 6.07) is 16.9. The van der Waals surface area contributed by atoms with Gasteiger partial charge in [0.05, 0.1) is 10.8 Å². The smallest absolute Gasteiger partial charge is 0.306 e. The fourth-order valence-corrected chi connectivity index (χ4v) is 3.89. The Morgan fingerprint density at radius 1 is 1.03 bits per heavy atom. The molecule has 1 atom stereocenters. The van der Waals surface area contributed by atoms with Crippen molar-refractivity contribution in [2.24, 2.45) is 0 Å². The van der Waals surface area contributed by atoms with Crippen LogP contribution in [0, 0.1) is 0 Å². The van der Waals surface area contributed by atoms with Crippen LogP contribution in [0.3, 0.4) is 0 Å². The summed E-state index contributed by atoms with van der Waals surface area (Å²) in [5.41, 5.74) is 1.44. The second-order valence-corrected chi connectivity index (χ2v) is 8.21. The standard InChI is InChI=1S/C22H15ClF3N3O2S/c23-18-7-2-1-6-17(18)21-28-19(22(24,25)26)12-29(21)20-9-8-16(11-27-20)15-5-3-4-14(10-15)13-32(30)31/h1-12H,13H2,(H,30,31). The molecule has 2 heterocycles. The number of halogens is 4. The highest BCUT2D eigenvalue weighted by Crippen LogP contribution is 2.34. The highest BCUT2D eigenvalue weighted by atomic mass is 35.5. The Morgan fingerprint density at radius 2 is 1.81 bits per heavy atom. The number of imidazole rings is 1. The lowest BCUT2D eigenvalue weighted by atomic mass is 10.1. The summed E-state index contributed by atoms with van der Waals surface area (Å²) in [7, 11) is 0. The van der Waals surface area contributed by atoms with Crippen molar-refractivity contribution < 1.29 is 21.9 Å². The lowest BCUT2D eigenvalue weighted by Gasteiger charge is -2.10. The van der Waals surface area contributed by atoms with Gasteiger partial charge in [-0.25, -0.2) is 14.2 Å². The molecule has 0 aliphatic carbocycles. The van der Waals surface area contributed by atoms with Gasteiger partial charge >= 0.3 is 6.18 Å². The first kappa shape index (κ1) is 22.2. The maximum absolute atomic E-state index is 13.4. The molecule has 0 spiro atoms. The van der Waals surface area contributed by atoms with Crippen LogP contribution in [0.15, 0.2) is 73.1 Å². The SMILES string of the molecule is O=S(O)Cc1cccc(-c2ccc(-n3cc(C(F)(F)F)nc3-c3ccccc3Cl)nc2)c1. The molecule has 0 amide bonds. The Balaban J connectivity index is 1.75. The summed E-state index contributed by atoms with van der Waals surface area (Å²) in [4.78, 5) is 8.10. The summed E-state index contributed by atoms with van der Waals surface area (Å²) in [5.74, 6) is 0.255. The summed E-state index contributed by atoms with van der Waals surface area (Å²) >= 11 is 4.24. The lowest BCUT2D eigenvalue weighted by Crippen LogP contribution is -2.05. The molecule has 164 valence electrons. The van der Waals surface area contributed by atoms with Gasteiger partial charge in [0.25, 0.3) is 0 Å². The highest BCUT2D eigenvalue weighted by molar-refractivity contribution is 7.78. The van der Waals surface area contributed by atoms with Crippen LogP contribution < -0.4 is 0 Å². The van der Waals surface area contributed by atoms with E-state index in [1.807, 2.05) is 6.07 Å². The van der Waals surface area contributed by atoms with Crippen molar-refractivity contribution in [2.45, 2.75) is 11.9 Å². The van der Waals surface area contributed by atoms with Crippen LogP contribution in [0.4, 0.5) is 13.2 Å². The van der Waals surface area contributed by atoms with Crippen molar-refractivity contribution >= 4 is 22.7 Å². The number of benzene rings is 2. The number of hydrogen-bond donors (Lipinski definition) is 1. The van der Waals surface area contributed by atoms with E-state index in [1.54, 1.807) is 54.6 Å². The average Bonchev–Trinajstić information content (AvgIpc) is 3.20. The van der Waals surface area contributed by atoms with E-state index in [1.165, 1.54) is 10.8 Å². The van der Waals surface area contributed by atoms with Gasteiger partial charge in [-0.2, -0.15) is 13.2 Å². The van der Waals surface area contributed by atoms with Gasteiger partial charge in [-0.15, -0.1) is 0 Å². The third-order valence-electron chi connectivity index (χ3n) is 4.66. The number of nitrogens with zero attached hydrogens (tertiary/aromatic N) is 3. The summed E-state index contributed by atoms with van der Waals surface area (Å²) in [6.07, 6.45) is -2.22. The van der Waals surface area contributed by atoms with Crippen molar-refractivity contribution in [3.8, 4) is 28.3 Å². The van der Waals surface area contributed by atoms with Crippen molar-refractivity contribution in [1.82, 2.24) is 14.5 Å². The molecule has 4 rings (SSSR count). The summed E-state index contributed by atoms with van der Waals surface area (Å²) < 4.78 is 61.5. The molecule has 0 fully saturated rings. The Morgan fingerprint density at radius 3 is 2.47 bits per heavy atom. The zero-order valence-electron chi connectivity index (χ0n) is 16.3. The molecule has 2 aromatic carbocycles. The van der Waals surface area contributed by atoms with E-state index in [-0.39, 0.29) is 22.4 Å². The maximum Gasteiger partial charge on any atom is 0.434 e. The Bertz CT molecular complexity index is 1290. The van der Waals surface area contributed by atoms with Gasteiger partial charge in [-0.1, -0.05) is 48.0 Å². The molecule has 1 unspecified atom stereocenters. The second-order valence-electron chi connectivity index (χ2n) is 6.87. The molecule has 0 bridgehead atoms. The van der Waals surface area contributed by atoms with Crippen molar-refractivity contribution in [1.29, 1.82) is 0 Å². The summed E-state index contributed by atoms with van der Waals surface area (Å²) in [6.45, 7) is 0. The van der Waals surface area contributed by atoms with Crippen molar-refractivity contribution in [3.05, 3.63) is 89.3 Å². The Labute approximate surface area is 188 Å². The minimum atomic E-state index is -4.63. The van der Waals surface area contributed by atoms with Crippen molar-refractivity contribution in [2.75, 3.05) is 0 Å². The van der Waals surface area contributed by atoms with Crippen molar-refractivity contribution in [3.63, 3.8) is 0 Å². The van der Waals surface area contributed by atoms with Crippen LogP contribution in [-0.2, 0) is 23.0 Å². The van der Waals surface area contributed by atoms with E-state index in [0.717, 1.165) is 11.8 Å². The predicted octanol–water partition coefficient (Wildman–Crippen LogP) is 6.00. The first-order valence-corrected chi connectivity index (χ1v) is 10.9. The molecular formula is C22H15ClF3N3O2S. The average molecular weight is 478 g/mol. The highest BCUT2D eigenvalue weighted by Gasteiger charge is 2.35. The first-order valence-electron chi connectivity index (χ1n) is 9.27. The van der Waals surface area contributed by atoms with Crippen LogP contribution in [0.25, 0.3) is 28.3 Å². The fraction of sp³-hybridized carbons (Fsp3) is 0.0909. The van der Waals surface area contributed by atoms with E-state index in [2.05, 4.69) is 9.97 Å². The minimum absolute atomic E-state index is 0.00416. The lowest BCUT2D eigenvalue weighted by molar-refractivity contribution is -0.140. The van der Waals surface area contributed by atoms with Crippen LogP contribution in [0.5, 0.6) is 0 Å². The zero-order valence-corrected chi connectivity index (χ0v) is 17.8.